The summed E-state index contributed by atoms with van der Waals surface area (Å²) in [6.07, 6.45) is 1.14. The number of nitrogens with one attached hydrogen (secondary N) is 1. The fraction of sp³-hybridized carbons (Fsp3) is 1.00. The van der Waals surface area contributed by atoms with Gasteiger partial charge in [0.2, 0.25) is 0 Å². The third-order valence-corrected chi connectivity index (χ3v) is 2.02. The Bertz CT molecular complexity index is 207. The number of piperidine rings is 1. The summed E-state index contributed by atoms with van der Waals surface area (Å²) < 4.78 is 33.0. The molecule has 2 N–H and O–H groups in total. The van der Waals surface area contributed by atoms with Crippen LogP contribution in [0.25, 0.3) is 0 Å². The molecule has 0 aromatic carbocycles. The second-order valence-electron chi connectivity index (χ2n) is 2.49. The van der Waals surface area contributed by atoms with E-state index in [1.165, 1.54) is 0 Å². The standard InChI is InChI=1S/C5H11NO4S/c7-11(8,9)10-5-2-1-3-6-4-5/h5-6H,1-4H2,(H,7,8,9). The SMILES string of the molecule is O=S(=O)(O)OC1CCCNC1. The normalized spacial score (nSPS) is 26.8. The molecule has 1 rings (SSSR count). The Morgan fingerprint density at radius 1 is 1.55 bits per heavy atom. The van der Waals surface area contributed by atoms with Crippen LogP contribution in [0.3, 0.4) is 0 Å². The molecule has 11 heavy (non-hydrogen) atoms. The van der Waals surface area contributed by atoms with Crippen molar-refractivity contribution >= 4 is 10.4 Å². The van der Waals surface area contributed by atoms with E-state index in [-0.39, 0.29) is 0 Å². The predicted octanol–water partition coefficient (Wildman–Crippen LogP) is -0.442. The number of hydrogen-bond donors (Lipinski definition) is 2. The van der Waals surface area contributed by atoms with Gasteiger partial charge in [0.15, 0.2) is 0 Å². The number of rotatable bonds is 2. The Morgan fingerprint density at radius 3 is 2.73 bits per heavy atom. The molecule has 1 atom stereocenters. The van der Waals surface area contributed by atoms with Crippen molar-refractivity contribution in [2.75, 3.05) is 13.1 Å². The summed E-state index contributed by atoms with van der Waals surface area (Å²) in [6, 6.07) is 0. The Balaban J connectivity index is 2.36. The zero-order chi connectivity index (χ0) is 8.32. The minimum Gasteiger partial charge on any atom is -0.314 e. The molecule has 0 aliphatic carbocycles. The van der Waals surface area contributed by atoms with Gasteiger partial charge in [-0.05, 0) is 19.4 Å². The molecular formula is C5H11NO4S. The first-order valence-corrected chi connectivity index (χ1v) is 4.81. The Labute approximate surface area is 65.7 Å². The molecule has 1 saturated heterocycles. The molecule has 5 nitrogen and oxygen atoms in total. The molecule has 1 aliphatic rings. The summed E-state index contributed by atoms with van der Waals surface area (Å²) in [4.78, 5) is 0. The molecule has 0 aromatic rings. The topological polar surface area (TPSA) is 75.6 Å². The van der Waals surface area contributed by atoms with Crippen LogP contribution in [0.1, 0.15) is 12.8 Å². The summed E-state index contributed by atoms with van der Waals surface area (Å²) in [5, 5.41) is 2.96. The largest absolute Gasteiger partial charge is 0.397 e. The van der Waals surface area contributed by atoms with E-state index >= 15 is 0 Å². The van der Waals surface area contributed by atoms with Gasteiger partial charge in [-0.15, -0.1) is 0 Å². The van der Waals surface area contributed by atoms with Gasteiger partial charge in [-0.1, -0.05) is 0 Å². The van der Waals surface area contributed by atoms with Gasteiger partial charge in [0.05, 0.1) is 6.10 Å². The first-order valence-electron chi connectivity index (χ1n) is 3.44. The van der Waals surface area contributed by atoms with Gasteiger partial charge >= 0.3 is 10.4 Å². The maximum absolute atomic E-state index is 10.2. The zero-order valence-corrected chi connectivity index (χ0v) is 6.80. The maximum Gasteiger partial charge on any atom is 0.397 e. The molecular weight excluding hydrogens is 170 g/mol. The van der Waals surface area contributed by atoms with Gasteiger partial charge in [-0.2, -0.15) is 8.42 Å². The van der Waals surface area contributed by atoms with E-state index in [4.69, 9.17) is 4.55 Å². The van der Waals surface area contributed by atoms with E-state index in [0.717, 1.165) is 13.0 Å². The van der Waals surface area contributed by atoms with E-state index in [1.807, 2.05) is 0 Å². The van der Waals surface area contributed by atoms with Crippen LogP contribution < -0.4 is 5.32 Å². The van der Waals surface area contributed by atoms with Gasteiger partial charge in [0.1, 0.15) is 0 Å². The van der Waals surface area contributed by atoms with Gasteiger partial charge in [-0.3, -0.25) is 4.55 Å². The van der Waals surface area contributed by atoms with Crippen LogP contribution in [0.4, 0.5) is 0 Å². The Morgan fingerprint density at radius 2 is 2.27 bits per heavy atom. The van der Waals surface area contributed by atoms with Crippen molar-refractivity contribution in [3.8, 4) is 0 Å². The van der Waals surface area contributed by atoms with Crippen molar-refractivity contribution in [3.63, 3.8) is 0 Å². The van der Waals surface area contributed by atoms with Crippen molar-refractivity contribution in [3.05, 3.63) is 0 Å². The minimum absolute atomic E-state index is 0.404. The summed E-state index contributed by atoms with van der Waals surface area (Å²) in [6.45, 7) is 1.37. The third kappa shape index (κ3) is 3.66. The predicted molar refractivity (Wildman–Crippen MR) is 38.5 cm³/mol. The molecule has 1 heterocycles. The highest BCUT2D eigenvalue weighted by atomic mass is 32.3. The summed E-state index contributed by atoms with van der Waals surface area (Å²) >= 11 is 0. The molecule has 1 aliphatic heterocycles. The van der Waals surface area contributed by atoms with Crippen LogP contribution in [0, 0.1) is 0 Å². The van der Waals surface area contributed by atoms with Gasteiger partial charge in [-0.25, -0.2) is 4.18 Å². The van der Waals surface area contributed by atoms with Crippen molar-refractivity contribution in [1.82, 2.24) is 5.32 Å². The lowest BCUT2D eigenvalue weighted by atomic mass is 10.1. The van der Waals surface area contributed by atoms with Crippen molar-refractivity contribution < 1.29 is 17.2 Å². The molecule has 6 heteroatoms. The summed E-state index contributed by atoms with van der Waals surface area (Å²) in [5.41, 5.74) is 0. The van der Waals surface area contributed by atoms with Crippen LogP contribution in [0.5, 0.6) is 0 Å². The van der Waals surface area contributed by atoms with Crippen LogP contribution in [0.15, 0.2) is 0 Å². The van der Waals surface area contributed by atoms with E-state index < -0.39 is 16.5 Å². The fourth-order valence-corrected chi connectivity index (χ4v) is 1.58. The maximum atomic E-state index is 10.2. The Kier molecular flexibility index (Phi) is 2.83. The van der Waals surface area contributed by atoms with Crippen molar-refractivity contribution in [2.24, 2.45) is 0 Å². The lowest BCUT2D eigenvalue weighted by Crippen LogP contribution is -2.36. The first-order chi connectivity index (χ1) is 5.08. The highest BCUT2D eigenvalue weighted by Gasteiger charge is 2.18. The first kappa shape index (κ1) is 8.92. The molecule has 0 radical (unpaired) electrons. The average Bonchev–Trinajstić information content (AvgIpc) is 1.85. The van der Waals surface area contributed by atoms with Crippen molar-refractivity contribution in [1.29, 1.82) is 0 Å². The molecule has 0 amide bonds. The second-order valence-corrected chi connectivity index (χ2v) is 3.54. The lowest BCUT2D eigenvalue weighted by molar-refractivity contribution is 0.153. The fourth-order valence-electron chi connectivity index (χ4n) is 1.07. The van der Waals surface area contributed by atoms with Crippen LogP contribution >= 0.6 is 0 Å². The molecule has 0 bridgehead atoms. The van der Waals surface area contributed by atoms with Crippen LogP contribution in [-0.2, 0) is 14.6 Å². The molecule has 0 saturated carbocycles. The smallest absolute Gasteiger partial charge is 0.314 e. The third-order valence-electron chi connectivity index (χ3n) is 1.51. The Hall–Kier alpha value is -0.170. The molecule has 1 fully saturated rings. The molecule has 1 unspecified atom stereocenters. The van der Waals surface area contributed by atoms with Gasteiger partial charge in [0, 0.05) is 6.54 Å². The van der Waals surface area contributed by atoms with E-state index in [0.29, 0.717) is 13.0 Å². The highest BCUT2D eigenvalue weighted by Crippen LogP contribution is 2.07. The second kappa shape index (κ2) is 3.48. The van der Waals surface area contributed by atoms with Crippen LogP contribution in [-0.4, -0.2) is 32.2 Å². The van der Waals surface area contributed by atoms with Gasteiger partial charge in [0.25, 0.3) is 0 Å². The number of hydrogen-bond acceptors (Lipinski definition) is 4. The lowest BCUT2D eigenvalue weighted by Gasteiger charge is -2.20. The average molecular weight is 181 g/mol. The quantitative estimate of drug-likeness (QED) is 0.565. The molecule has 0 spiro atoms. The van der Waals surface area contributed by atoms with Crippen LogP contribution in [0.2, 0.25) is 0 Å². The molecule has 0 aromatic heterocycles. The minimum atomic E-state index is -4.26. The summed E-state index contributed by atoms with van der Waals surface area (Å²) in [5.74, 6) is 0. The molecule has 66 valence electrons. The van der Waals surface area contributed by atoms with E-state index in [2.05, 4.69) is 9.50 Å². The van der Waals surface area contributed by atoms with Gasteiger partial charge < -0.3 is 5.32 Å². The van der Waals surface area contributed by atoms with E-state index in [9.17, 15) is 8.42 Å². The van der Waals surface area contributed by atoms with Crippen molar-refractivity contribution in [2.45, 2.75) is 18.9 Å². The summed E-state index contributed by atoms with van der Waals surface area (Å²) in [7, 11) is -4.26. The highest BCUT2D eigenvalue weighted by molar-refractivity contribution is 7.80. The monoisotopic (exact) mass is 181 g/mol. The van der Waals surface area contributed by atoms with E-state index in [1.54, 1.807) is 0 Å². The zero-order valence-electron chi connectivity index (χ0n) is 5.99.